The summed E-state index contributed by atoms with van der Waals surface area (Å²) < 4.78 is 5.36. The Bertz CT molecular complexity index is 433. The largest absolute Gasteiger partial charge is 0.496 e. The average Bonchev–Trinajstić information content (AvgIpc) is 2.38. The predicted octanol–water partition coefficient (Wildman–Crippen LogP) is 1.32. The summed E-state index contributed by atoms with van der Waals surface area (Å²) in [6, 6.07) is 0. The van der Waals surface area contributed by atoms with Crippen molar-refractivity contribution in [2.45, 2.75) is 33.7 Å². The van der Waals surface area contributed by atoms with E-state index in [2.05, 4.69) is 15.6 Å². The Hall–Kier alpha value is -1.62. The minimum Gasteiger partial charge on any atom is -0.496 e. The van der Waals surface area contributed by atoms with Crippen molar-refractivity contribution < 1.29 is 9.53 Å². The van der Waals surface area contributed by atoms with Crippen molar-refractivity contribution in [3.63, 3.8) is 0 Å². The van der Waals surface area contributed by atoms with E-state index in [4.69, 9.17) is 4.74 Å². The highest BCUT2D eigenvalue weighted by atomic mass is 16.5. The lowest BCUT2D eigenvalue weighted by Gasteiger charge is -2.12. The van der Waals surface area contributed by atoms with E-state index in [9.17, 15) is 4.79 Å². The molecule has 0 spiro atoms. The van der Waals surface area contributed by atoms with Gasteiger partial charge in [0.1, 0.15) is 5.75 Å². The molecule has 0 radical (unpaired) electrons. The first-order valence-corrected chi connectivity index (χ1v) is 6.56. The first kappa shape index (κ1) is 15.4. The number of nitrogens with one attached hydrogen (secondary N) is 2. The summed E-state index contributed by atoms with van der Waals surface area (Å²) in [5.41, 5.74) is 3.04. The maximum absolute atomic E-state index is 11.3. The maximum atomic E-state index is 11.3. The molecule has 2 N–H and O–H groups in total. The zero-order chi connectivity index (χ0) is 14.3. The summed E-state index contributed by atoms with van der Waals surface area (Å²) in [4.78, 5) is 15.7. The Morgan fingerprint density at radius 1 is 1.42 bits per heavy atom. The molecular formula is C14H23N3O2. The van der Waals surface area contributed by atoms with E-state index in [1.54, 1.807) is 7.11 Å². The van der Waals surface area contributed by atoms with Crippen LogP contribution in [0.15, 0.2) is 6.20 Å². The number of ether oxygens (including phenoxy) is 1. The minimum absolute atomic E-state index is 0.0705. The highest BCUT2D eigenvalue weighted by molar-refractivity contribution is 5.75. The first-order chi connectivity index (χ1) is 9.10. The van der Waals surface area contributed by atoms with Crippen LogP contribution in [0, 0.1) is 13.8 Å². The van der Waals surface area contributed by atoms with Gasteiger partial charge in [0.15, 0.2) is 0 Å². The van der Waals surface area contributed by atoms with E-state index < -0.39 is 0 Å². The molecule has 0 saturated heterocycles. The van der Waals surface area contributed by atoms with Crippen molar-refractivity contribution in [2.24, 2.45) is 0 Å². The summed E-state index contributed by atoms with van der Waals surface area (Å²) in [6.45, 7) is 7.85. The van der Waals surface area contributed by atoms with Crippen LogP contribution in [0.25, 0.3) is 0 Å². The van der Waals surface area contributed by atoms with Crippen molar-refractivity contribution >= 4 is 5.91 Å². The molecule has 1 aromatic rings. The number of hydrogen-bond acceptors (Lipinski definition) is 4. The molecule has 0 unspecified atom stereocenters. The molecule has 0 aliphatic heterocycles. The van der Waals surface area contributed by atoms with E-state index >= 15 is 0 Å². The molecule has 19 heavy (non-hydrogen) atoms. The van der Waals surface area contributed by atoms with E-state index in [0.29, 0.717) is 26.1 Å². The van der Waals surface area contributed by atoms with Crippen LogP contribution in [0.1, 0.15) is 30.2 Å². The molecule has 1 aromatic heterocycles. The van der Waals surface area contributed by atoms with Crippen LogP contribution in [0.3, 0.4) is 0 Å². The number of aromatic nitrogens is 1. The fourth-order valence-electron chi connectivity index (χ4n) is 1.94. The van der Waals surface area contributed by atoms with Gasteiger partial charge in [0.05, 0.1) is 12.8 Å². The van der Waals surface area contributed by atoms with Crippen molar-refractivity contribution in [1.29, 1.82) is 0 Å². The van der Waals surface area contributed by atoms with Crippen LogP contribution in [-0.2, 0) is 11.3 Å². The van der Waals surface area contributed by atoms with Crippen molar-refractivity contribution in [1.82, 2.24) is 15.6 Å². The summed E-state index contributed by atoms with van der Waals surface area (Å²) in [5, 5.41) is 5.99. The van der Waals surface area contributed by atoms with Gasteiger partial charge in [-0.1, -0.05) is 0 Å². The number of carbonyl (C=O) groups excluding carboxylic acids is 1. The van der Waals surface area contributed by atoms with Gasteiger partial charge in [-0.3, -0.25) is 9.78 Å². The van der Waals surface area contributed by atoms with Gasteiger partial charge in [-0.2, -0.15) is 0 Å². The van der Waals surface area contributed by atoms with Gasteiger partial charge in [-0.15, -0.1) is 0 Å². The van der Waals surface area contributed by atoms with E-state index in [0.717, 1.165) is 22.6 Å². The molecule has 1 amide bonds. The first-order valence-electron chi connectivity index (χ1n) is 6.56. The zero-order valence-electron chi connectivity index (χ0n) is 12.2. The number of amides is 1. The summed E-state index contributed by atoms with van der Waals surface area (Å²) in [6.07, 6.45) is 2.29. The van der Waals surface area contributed by atoms with E-state index in [1.165, 1.54) is 0 Å². The van der Waals surface area contributed by atoms with Gasteiger partial charge in [0.2, 0.25) is 5.91 Å². The van der Waals surface area contributed by atoms with Crippen molar-refractivity contribution in [3.05, 3.63) is 23.0 Å². The smallest absolute Gasteiger partial charge is 0.221 e. The molecule has 0 bridgehead atoms. The molecule has 5 heteroatoms. The van der Waals surface area contributed by atoms with Crippen LogP contribution >= 0.6 is 0 Å². The van der Waals surface area contributed by atoms with Crippen LogP contribution in [0.5, 0.6) is 5.75 Å². The Morgan fingerprint density at radius 3 is 2.79 bits per heavy atom. The third-order valence-electron chi connectivity index (χ3n) is 2.95. The van der Waals surface area contributed by atoms with Gasteiger partial charge < -0.3 is 15.4 Å². The average molecular weight is 265 g/mol. The van der Waals surface area contributed by atoms with Crippen LogP contribution in [-0.4, -0.2) is 31.1 Å². The van der Waals surface area contributed by atoms with Crippen molar-refractivity contribution in [2.75, 3.05) is 20.2 Å². The lowest BCUT2D eigenvalue weighted by molar-refractivity contribution is -0.120. The molecule has 1 heterocycles. The summed E-state index contributed by atoms with van der Waals surface area (Å²) in [5.74, 6) is 0.955. The number of carbonyl (C=O) groups is 1. The van der Waals surface area contributed by atoms with Crippen molar-refractivity contribution in [3.8, 4) is 5.75 Å². The topological polar surface area (TPSA) is 63.2 Å². The molecule has 0 aliphatic carbocycles. The van der Waals surface area contributed by atoms with Gasteiger partial charge in [-0.05, 0) is 20.8 Å². The number of rotatable bonds is 7. The normalized spacial score (nSPS) is 10.3. The molecule has 0 atom stereocenters. The van der Waals surface area contributed by atoms with E-state index in [-0.39, 0.29) is 5.91 Å². The maximum Gasteiger partial charge on any atom is 0.221 e. The number of pyridine rings is 1. The van der Waals surface area contributed by atoms with Gasteiger partial charge in [0.25, 0.3) is 0 Å². The highest BCUT2D eigenvalue weighted by Crippen LogP contribution is 2.23. The van der Waals surface area contributed by atoms with Gasteiger partial charge in [0, 0.05) is 43.4 Å². The highest BCUT2D eigenvalue weighted by Gasteiger charge is 2.09. The van der Waals surface area contributed by atoms with Crippen LogP contribution in [0.4, 0.5) is 0 Å². The third-order valence-corrected chi connectivity index (χ3v) is 2.95. The zero-order valence-corrected chi connectivity index (χ0v) is 12.2. The lowest BCUT2D eigenvalue weighted by Crippen LogP contribution is -2.27. The fraction of sp³-hybridized carbons (Fsp3) is 0.571. The predicted molar refractivity (Wildman–Crippen MR) is 75.3 cm³/mol. The quantitative estimate of drug-likeness (QED) is 0.730. The standard InChI is InChI=1S/C14H23N3O2/c1-5-16-13(18)6-7-15-9-12-11(3)14(19-4)10(2)8-17-12/h8,15H,5-7,9H2,1-4H3,(H,16,18). The molecule has 0 aliphatic rings. The fourth-order valence-corrected chi connectivity index (χ4v) is 1.94. The Balaban J connectivity index is 2.48. The molecular weight excluding hydrogens is 242 g/mol. The summed E-state index contributed by atoms with van der Waals surface area (Å²) in [7, 11) is 1.67. The number of methoxy groups -OCH3 is 1. The molecule has 0 saturated carbocycles. The second kappa shape index (κ2) is 7.74. The molecule has 1 rings (SSSR count). The monoisotopic (exact) mass is 265 g/mol. The molecule has 5 nitrogen and oxygen atoms in total. The number of hydrogen-bond donors (Lipinski definition) is 2. The summed E-state index contributed by atoms with van der Waals surface area (Å²) >= 11 is 0. The molecule has 106 valence electrons. The molecule has 0 fully saturated rings. The number of aryl methyl sites for hydroxylation is 1. The lowest BCUT2D eigenvalue weighted by atomic mass is 10.1. The van der Waals surface area contributed by atoms with Gasteiger partial charge in [-0.25, -0.2) is 0 Å². The second-order valence-corrected chi connectivity index (χ2v) is 4.43. The third kappa shape index (κ3) is 4.52. The Labute approximate surface area is 114 Å². The SMILES string of the molecule is CCNC(=O)CCNCc1ncc(C)c(OC)c1C. The van der Waals surface area contributed by atoms with Gasteiger partial charge >= 0.3 is 0 Å². The second-order valence-electron chi connectivity index (χ2n) is 4.43. The van der Waals surface area contributed by atoms with Crippen LogP contribution < -0.4 is 15.4 Å². The number of nitrogens with zero attached hydrogens (tertiary/aromatic N) is 1. The molecule has 0 aromatic carbocycles. The Kier molecular flexibility index (Phi) is 6.29. The Morgan fingerprint density at radius 2 is 2.16 bits per heavy atom. The van der Waals surface area contributed by atoms with Crippen LogP contribution in [0.2, 0.25) is 0 Å². The minimum atomic E-state index is 0.0705. The van der Waals surface area contributed by atoms with E-state index in [1.807, 2.05) is 27.0 Å².